The van der Waals surface area contributed by atoms with Crippen LogP contribution in [0.5, 0.6) is 11.5 Å². The number of methoxy groups -OCH3 is 1. The van der Waals surface area contributed by atoms with Crippen molar-refractivity contribution in [2.45, 2.75) is 26.2 Å². The summed E-state index contributed by atoms with van der Waals surface area (Å²) in [6.07, 6.45) is 3.41. The number of rotatable bonds is 4. The molecule has 72 valence electrons. The van der Waals surface area contributed by atoms with Gasteiger partial charge in [0, 0.05) is 0 Å². The van der Waals surface area contributed by atoms with Gasteiger partial charge in [0.2, 0.25) is 0 Å². The van der Waals surface area contributed by atoms with E-state index in [2.05, 4.69) is 6.92 Å². The quantitative estimate of drug-likeness (QED) is 0.772. The molecular weight excluding hydrogens is 164 g/mol. The SMILES string of the molecule is CCCCc1ccc(O)c(OC)c1. The van der Waals surface area contributed by atoms with Crippen molar-refractivity contribution in [3.63, 3.8) is 0 Å². The molecule has 0 atom stereocenters. The summed E-state index contributed by atoms with van der Waals surface area (Å²) in [5, 5.41) is 9.34. The van der Waals surface area contributed by atoms with Crippen LogP contribution in [-0.2, 0) is 6.42 Å². The monoisotopic (exact) mass is 180 g/mol. The first-order valence-electron chi connectivity index (χ1n) is 4.63. The fraction of sp³-hybridized carbons (Fsp3) is 0.455. The average molecular weight is 180 g/mol. The highest BCUT2D eigenvalue weighted by atomic mass is 16.5. The lowest BCUT2D eigenvalue weighted by molar-refractivity contribution is 0.373. The van der Waals surface area contributed by atoms with Gasteiger partial charge in [-0.25, -0.2) is 0 Å². The van der Waals surface area contributed by atoms with E-state index in [1.165, 1.54) is 18.4 Å². The number of ether oxygens (including phenoxy) is 1. The zero-order valence-corrected chi connectivity index (χ0v) is 8.21. The van der Waals surface area contributed by atoms with E-state index in [9.17, 15) is 5.11 Å². The molecule has 1 aromatic rings. The Morgan fingerprint density at radius 2 is 2.15 bits per heavy atom. The number of hydrogen-bond acceptors (Lipinski definition) is 2. The third-order valence-electron chi connectivity index (χ3n) is 2.06. The molecule has 2 heteroatoms. The predicted octanol–water partition coefficient (Wildman–Crippen LogP) is 2.74. The van der Waals surface area contributed by atoms with Gasteiger partial charge in [-0.05, 0) is 30.5 Å². The molecule has 0 aliphatic heterocycles. The van der Waals surface area contributed by atoms with Gasteiger partial charge in [0.1, 0.15) is 0 Å². The molecule has 1 aromatic carbocycles. The molecule has 13 heavy (non-hydrogen) atoms. The predicted molar refractivity (Wildman–Crippen MR) is 53.3 cm³/mol. The Balaban J connectivity index is 2.74. The van der Waals surface area contributed by atoms with Gasteiger partial charge in [0.15, 0.2) is 11.5 Å². The number of benzene rings is 1. The Kier molecular flexibility index (Phi) is 3.62. The van der Waals surface area contributed by atoms with Crippen LogP contribution >= 0.6 is 0 Å². The van der Waals surface area contributed by atoms with Gasteiger partial charge in [-0.15, -0.1) is 0 Å². The summed E-state index contributed by atoms with van der Waals surface area (Å²) >= 11 is 0. The smallest absolute Gasteiger partial charge is 0.160 e. The maximum Gasteiger partial charge on any atom is 0.160 e. The van der Waals surface area contributed by atoms with Crippen LogP contribution in [0.1, 0.15) is 25.3 Å². The Labute approximate surface area is 79.2 Å². The van der Waals surface area contributed by atoms with Gasteiger partial charge in [-0.2, -0.15) is 0 Å². The van der Waals surface area contributed by atoms with E-state index in [-0.39, 0.29) is 5.75 Å². The molecule has 0 saturated carbocycles. The zero-order chi connectivity index (χ0) is 9.68. The molecule has 0 aliphatic carbocycles. The van der Waals surface area contributed by atoms with E-state index in [4.69, 9.17) is 4.74 Å². The van der Waals surface area contributed by atoms with Crippen LogP contribution < -0.4 is 4.74 Å². The maximum absolute atomic E-state index is 9.34. The highest BCUT2D eigenvalue weighted by Crippen LogP contribution is 2.26. The topological polar surface area (TPSA) is 29.5 Å². The molecule has 2 nitrogen and oxygen atoms in total. The summed E-state index contributed by atoms with van der Waals surface area (Å²) < 4.78 is 5.02. The molecule has 0 bridgehead atoms. The van der Waals surface area contributed by atoms with Crippen molar-refractivity contribution >= 4 is 0 Å². The average Bonchev–Trinajstić information content (AvgIpc) is 2.16. The second-order valence-corrected chi connectivity index (χ2v) is 3.11. The molecule has 0 aromatic heterocycles. The van der Waals surface area contributed by atoms with Crippen LogP contribution in [0.15, 0.2) is 18.2 Å². The number of phenols is 1. The van der Waals surface area contributed by atoms with Crippen molar-refractivity contribution in [2.75, 3.05) is 7.11 Å². The minimum atomic E-state index is 0.211. The van der Waals surface area contributed by atoms with Crippen molar-refractivity contribution in [3.8, 4) is 11.5 Å². The maximum atomic E-state index is 9.34. The lowest BCUT2D eigenvalue weighted by atomic mass is 10.1. The van der Waals surface area contributed by atoms with Crippen molar-refractivity contribution in [1.29, 1.82) is 0 Å². The number of hydrogen-bond donors (Lipinski definition) is 1. The standard InChI is InChI=1S/C11H16O2/c1-3-4-5-9-6-7-10(12)11(8-9)13-2/h6-8,12H,3-5H2,1-2H3. The molecular formula is C11H16O2. The molecule has 0 spiro atoms. The third-order valence-corrected chi connectivity index (χ3v) is 2.06. The normalized spacial score (nSPS) is 10.0. The van der Waals surface area contributed by atoms with Crippen LogP contribution in [0.4, 0.5) is 0 Å². The van der Waals surface area contributed by atoms with Gasteiger partial charge >= 0.3 is 0 Å². The van der Waals surface area contributed by atoms with Crippen LogP contribution in [0.25, 0.3) is 0 Å². The van der Waals surface area contributed by atoms with Gasteiger partial charge < -0.3 is 9.84 Å². The summed E-state index contributed by atoms with van der Waals surface area (Å²) in [5.74, 6) is 0.774. The minimum absolute atomic E-state index is 0.211. The summed E-state index contributed by atoms with van der Waals surface area (Å²) in [5.41, 5.74) is 1.22. The number of aryl methyl sites for hydroxylation is 1. The van der Waals surface area contributed by atoms with Crippen molar-refractivity contribution in [3.05, 3.63) is 23.8 Å². The summed E-state index contributed by atoms with van der Waals surface area (Å²) in [7, 11) is 1.57. The Hall–Kier alpha value is -1.18. The largest absolute Gasteiger partial charge is 0.504 e. The zero-order valence-electron chi connectivity index (χ0n) is 8.21. The van der Waals surface area contributed by atoms with Gasteiger partial charge in [0.25, 0.3) is 0 Å². The number of aromatic hydroxyl groups is 1. The van der Waals surface area contributed by atoms with Crippen molar-refractivity contribution in [1.82, 2.24) is 0 Å². The summed E-state index contributed by atoms with van der Waals surface area (Å²) in [6, 6.07) is 5.52. The number of phenolic OH excluding ortho intramolecular Hbond substituents is 1. The van der Waals surface area contributed by atoms with E-state index in [1.807, 2.05) is 12.1 Å². The molecule has 1 N–H and O–H groups in total. The highest BCUT2D eigenvalue weighted by Gasteiger charge is 2.01. The van der Waals surface area contributed by atoms with Gasteiger partial charge in [-0.1, -0.05) is 19.4 Å². The second-order valence-electron chi connectivity index (χ2n) is 3.11. The molecule has 0 amide bonds. The third kappa shape index (κ3) is 2.65. The molecule has 0 saturated heterocycles. The first-order chi connectivity index (χ1) is 6.27. The Morgan fingerprint density at radius 1 is 1.38 bits per heavy atom. The first-order valence-corrected chi connectivity index (χ1v) is 4.63. The molecule has 1 rings (SSSR count). The van der Waals surface area contributed by atoms with Crippen molar-refractivity contribution < 1.29 is 9.84 Å². The van der Waals surface area contributed by atoms with Crippen LogP contribution in [-0.4, -0.2) is 12.2 Å². The highest BCUT2D eigenvalue weighted by molar-refractivity contribution is 5.41. The lowest BCUT2D eigenvalue weighted by Crippen LogP contribution is -1.88. The van der Waals surface area contributed by atoms with E-state index < -0.39 is 0 Å². The lowest BCUT2D eigenvalue weighted by Gasteiger charge is -2.05. The van der Waals surface area contributed by atoms with E-state index in [0.717, 1.165) is 6.42 Å². The second kappa shape index (κ2) is 4.75. The Bertz CT molecular complexity index is 269. The van der Waals surface area contributed by atoms with E-state index >= 15 is 0 Å². The van der Waals surface area contributed by atoms with Crippen molar-refractivity contribution in [2.24, 2.45) is 0 Å². The number of unbranched alkanes of at least 4 members (excludes halogenated alkanes) is 1. The summed E-state index contributed by atoms with van der Waals surface area (Å²) in [6.45, 7) is 2.16. The van der Waals surface area contributed by atoms with E-state index in [1.54, 1.807) is 13.2 Å². The van der Waals surface area contributed by atoms with E-state index in [0.29, 0.717) is 5.75 Å². The fourth-order valence-electron chi connectivity index (χ4n) is 1.26. The van der Waals surface area contributed by atoms with Gasteiger partial charge in [0.05, 0.1) is 7.11 Å². The van der Waals surface area contributed by atoms with Crippen LogP contribution in [0, 0.1) is 0 Å². The molecule has 0 radical (unpaired) electrons. The molecule has 0 fully saturated rings. The van der Waals surface area contributed by atoms with Crippen LogP contribution in [0.2, 0.25) is 0 Å². The van der Waals surface area contributed by atoms with Crippen LogP contribution in [0.3, 0.4) is 0 Å². The Morgan fingerprint density at radius 3 is 2.77 bits per heavy atom. The summed E-state index contributed by atoms with van der Waals surface area (Å²) in [4.78, 5) is 0. The minimum Gasteiger partial charge on any atom is -0.504 e. The molecule has 0 aliphatic rings. The van der Waals surface area contributed by atoms with Gasteiger partial charge in [-0.3, -0.25) is 0 Å². The first kappa shape index (κ1) is 9.90. The molecule has 0 unspecified atom stereocenters. The fourth-order valence-corrected chi connectivity index (χ4v) is 1.26. The molecule has 0 heterocycles.